The van der Waals surface area contributed by atoms with Crippen LogP contribution in [0.1, 0.15) is 43.5 Å². The van der Waals surface area contributed by atoms with Gasteiger partial charge in [-0.25, -0.2) is 0 Å². The molecule has 0 N–H and O–H groups in total. The van der Waals surface area contributed by atoms with E-state index in [1.807, 2.05) is 34.9 Å². The normalized spacial score (nSPS) is 29.0. The van der Waals surface area contributed by atoms with Gasteiger partial charge in [-0.15, -0.1) is 0 Å². The van der Waals surface area contributed by atoms with E-state index in [4.69, 9.17) is 4.74 Å². The van der Waals surface area contributed by atoms with Crippen molar-refractivity contribution in [3.05, 3.63) is 29.6 Å². The number of hydrogen-bond donors (Lipinski definition) is 0. The van der Waals surface area contributed by atoms with Gasteiger partial charge in [-0.3, -0.25) is 14.6 Å². The monoisotopic (exact) mass is 357 g/mol. The first kappa shape index (κ1) is 17.5. The fourth-order valence-corrected chi connectivity index (χ4v) is 4.60. The molecule has 0 bridgehead atoms. The predicted molar refractivity (Wildman–Crippen MR) is 96.2 cm³/mol. The number of aryl methyl sites for hydroxylation is 1. The minimum atomic E-state index is -0.406. The number of carbonyl (C=O) groups excluding carboxylic acids is 2. The van der Waals surface area contributed by atoms with Crippen molar-refractivity contribution in [1.29, 1.82) is 0 Å². The van der Waals surface area contributed by atoms with Crippen molar-refractivity contribution in [3.8, 4) is 0 Å². The average Bonchev–Trinajstić information content (AvgIpc) is 3.27. The molecule has 1 aromatic rings. The van der Waals surface area contributed by atoms with Gasteiger partial charge in [0.1, 0.15) is 6.10 Å². The van der Waals surface area contributed by atoms with Crippen LogP contribution in [0.25, 0.3) is 0 Å². The topological polar surface area (TPSA) is 62.7 Å². The van der Waals surface area contributed by atoms with E-state index in [0.717, 1.165) is 56.6 Å². The highest BCUT2D eigenvalue weighted by Crippen LogP contribution is 2.41. The third-order valence-electron chi connectivity index (χ3n) is 5.99. The van der Waals surface area contributed by atoms with E-state index in [-0.39, 0.29) is 17.9 Å². The first-order chi connectivity index (χ1) is 12.6. The van der Waals surface area contributed by atoms with Crippen molar-refractivity contribution >= 4 is 11.8 Å². The summed E-state index contributed by atoms with van der Waals surface area (Å²) in [5.74, 6) is 0.263. The van der Waals surface area contributed by atoms with E-state index in [2.05, 4.69) is 4.98 Å². The second-order valence-corrected chi connectivity index (χ2v) is 7.89. The second kappa shape index (κ2) is 6.99. The highest BCUT2D eigenvalue weighted by atomic mass is 16.5. The Kier molecular flexibility index (Phi) is 4.69. The number of rotatable bonds is 3. The van der Waals surface area contributed by atoms with E-state index in [9.17, 15) is 9.59 Å². The molecule has 3 fully saturated rings. The van der Waals surface area contributed by atoms with Gasteiger partial charge in [-0.2, -0.15) is 0 Å². The summed E-state index contributed by atoms with van der Waals surface area (Å²) in [6.45, 7) is 5.23. The van der Waals surface area contributed by atoms with Crippen molar-refractivity contribution in [2.24, 2.45) is 5.41 Å². The number of pyridine rings is 1. The van der Waals surface area contributed by atoms with Crippen molar-refractivity contribution in [2.75, 3.05) is 26.2 Å². The van der Waals surface area contributed by atoms with Crippen LogP contribution in [0.3, 0.4) is 0 Å². The molecule has 1 aromatic heterocycles. The van der Waals surface area contributed by atoms with Crippen LogP contribution in [0.15, 0.2) is 18.2 Å². The zero-order chi connectivity index (χ0) is 18.1. The van der Waals surface area contributed by atoms with Crippen LogP contribution in [0.5, 0.6) is 0 Å². The van der Waals surface area contributed by atoms with E-state index < -0.39 is 5.41 Å². The van der Waals surface area contributed by atoms with Gasteiger partial charge in [0.15, 0.2) is 0 Å². The number of hydrogen-bond acceptors (Lipinski definition) is 4. The molecule has 0 saturated carbocycles. The van der Waals surface area contributed by atoms with Gasteiger partial charge in [0.25, 0.3) is 5.91 Å². The van der Waals surface area contributed by atoms with Crippen LogP contribution in [0.2, 0.25) is 0 Å². The molecule has 3 aliphatic heterocycles. The lowest BCUT2D eigenvalue weighted by Gasteiger charge is -2.39. The molecule has 2 atom stereocenters. The molecule has 2 unspecified atom stereocenters. The van der Waals surface area contributed by atoms with Gasteiger partial charge in [-0.05, 0) is 51.2 Å². The third kappa shape index (κ3) is 3.22. The molecule has 3 saturated heterocycles. The highest BCUT2D eigenvalue weighted by molar-refractivity contribution is 5.87. The van der Waals surface area contributed by atoms with Gasteiger partial charge >= 0.3 is 0 Å². The summed E-state index contributed by atoms with van der Waals surface area (Å²) in [4.78, 5) is 34.2. The Morgan fingerprint density at radius 3 is 2.96 bits per heavy atom. The number of ether oxygens (including phenoxy) is 1. The summed E-state index contributed by atoms with van der Waals surface area (Å²) < 4.78 is 5.56. The SMILES string of the molecule is Cc1cccc(CN2CCC3(CCCN(C(=O)C4CCCO4)C3)C2=O)n1. The van der Waals surface area contributed by atoms with E-state index in [1.165, 1.54) is 0 Å². The van der Waals surface area contributed by atoms with Crippen LogP contribution >= 0.6 is 0 Å². The fourth-order valence-electron chi connectivity index (χ4n) is 4.60. The molecule has 1 spiro atoms. The van der Waals surface area contributed by atoms with E-state index in [1.54, 1.807) is 0 Å². The Balaban J connectivity index is 1.44. The van der Waals surface area contributed by atoms with Gasteiger partial charge in [0.2, 0.25) is 5.91 Å². The summed E-state index contributed by atoms with van der Waals surface area (Å²) in [6, 6.07) is 5.92. The van der Waals surface area contributed by atoms with Crippen LogP contribution in [-0.4, -0.2) is 58.9 Å². The van der Waals surface area contributed by atoms with Crippen LogP contribution in [0, 0.1) is 12.3 Å². The number of amides is 2. The lowest BCUT2D eigenvalue weighted by atomic mass is 9.78. The molecule has 0 radical (unpaired) electrons. The minimum Gasteiger partial charge on any atom is -0.368 e. The lowest BCUT2D eigenvalue weighted by molar-refractivity contribution is -0.149. The smallest absolute Gasteiger partial charge is 0.251 e. The number of piperidine rings is 1. The van der Waals surface area contributed by atoms with Crippen molar-refractivity contribution < 1.29 is 14.3 Å². The Bertz CT molecular complexity index is 701. The maximum absolute atomic E-state index is 13.2. The number of likely N-dealkylation sites (tertiary alicyclic amines) is 2. The Hall–Kier alpha value is -1.95. The number of aromatic nitrogens is 1. The maximum Gasteiger partial charge on any atom is 0.251 e. The maximum atomic E-state index is 13.2. The summed E-state index contributed by atoms with van der Waals surface area (Å²) in [7, 11) is 0. The van der Waals surface area contributed by atoms with Gasteiger partial charge in [-0.1, -0.05) is 6.07 Å². The Labute approximate surface area is 154 Å². The van der Waals surface area contributed by atoms with Gasteiger partial charge < -0.3 is 14.5 Å². The van der Waals surface area contributed by atoms with Crippen molar-refractivity contribution in [3.63, 3.8) is 0 Å². The molecule has 0 aromatic carbocycles. The van der Waals surface area contributed by atoms with Crippen molar-refractivity contribution in [2.45, 2.75) is 51.7 Å². The largest absolute Gasteiger partial charge is 0.368 e. The minimum absolute atomic E-state index is 0.0770. The molecular formula is C20H27N3O3. The van der Waals surface area contributed by atoms with E-state index >= 15 is 0 Å². The summed E-state index contributed by atoms with van der Waals surface area (Å²) in [5.41, 5.74) is 1.49. The summed E-state index contributed by atoms with van der Waals surface area (Å²) >= 11 is 0. The molecule has 4 rings (SSSR count). The third-order valence-corrected chi connectivity index (χ3v) is 5.99. The van der Waals surface area contributed by atoms with Crippen LogP contribution < -0.4 is 0 Å². The highest BCUT2D eigenvalue weighted by Gasteiger charge is 2.50. The van der Waals surface area contributed by atoms with Gasteiger partial charge in [0, 0.05) is 31.9 Å². The van der Waals surface area contributed by atoms with Gasteiger partial charge in [0.05, 0.1) is 17.7 Å². The molecule has 3 aliphatic rings. The molecule has 6 nitrogen and oxygen atoms in total. The number of carbonyl (C=O) groups is 2. The summed E-state index contributed by atoms with van der Waals surface area (Å²) in [5, 5.41) is 0. The molecule has 6 heteroatoms. The molecule has 0 aliphatic carbocycles. The second-order valence-electron chi connectivity index (χ2n) is 7.89. The quantitative estimate of drug-likeness (QED) is 0.829. The fraction of sp³-hybridized carbons (Fsp3) is 0.650. The first-order valence-electron chi connectivity index (χ1n) is 9.70. The molecule has 26 heavy (non-hydrogen) atoms. The predicted octanol–water partition coefficient (Wildman–Crippen LogP) is 1.91. The van der Waals surface area contributed by atoms with Crippen LogP contribution in [0.4, 0.5) is 0 Å². The molecule has 4 heterocycles. The molecular weight excluding hydrogens is 330 g/mol. The number of nitrogens with zero attached hydrogens (tertiary/aromatic N) is 3. The molecule has 2 amide bonds. The zero-order valence-corrected chi connectivity index (χ0v) is 15.4. The van der Waals surface area contributed by atoms with Crippen LogP contribution in [-0.2, 0) is 20.9 Å². The Morgan fingerprint density at radius 1 is 1.31 bits per heavy atom. The van der Waals surface area contributed by atoms with Crippen molar-refractivity contribution in [1.82, 2.24) is 14.8 Å². The standard InChI is InChI=1S/C20H27N3O3/c1-15-5-2-6-16(21-15)13-22-11-9-20(19(22)25)8-4-10-23(14-20)18(24)17-7-3-12-26-17/h2,5-6,17H,3-4,7-14H2,1H3. The average molecular weight is 357 g/mol. The lowest BCUT2D eigenvalue weighted by Crippen LogP contribution is -2.52. The molecule has 140 valence electrons. The van der Waals surface area contributed by atoms with E-state index in [0.29, 0.717) is 19.7 Å². The summed E-state index contributed by atoms with van der Waals surface area (Å²) in [6.07, 6.45) is 4.05. The Morgan fingerprint density at radius 2 is 2.19 bits per heavy atom. The zero-order valence-electron chi connectivity index (χ0n) is 15.4. The first-order valence-corrected chi connectivity index (χ1v) is 9.70.